The Morgan fingerprint density at radius 1 is 1.00 bits per heavy atom. The number of hydrogen-bond donors (Lipinski definition) is 7. The zero-order valence-corrected chi connectivity index (χ0v) is 11.8. The minimum atomic E-state index is -1.67. The van der Waals surface area contributed by atoms with Crippen molar-refractivity contribution in [3.63, 3.8) is 0 Å². The van der Waals surface area contributed by atoms with Crippen LogP contribution in [0.5, 0.6) is 0 Å². The fourth-order valence-corrected chi connectivity index (χ4v) is 2.57. The molecule has 9 atom stereocenters. The summed E-state index contributed by atoms with van der Waals surface area (Å²) in [6, 6.07) is 0. The highest BCUT2D eigenvalue weighted by Gasteiger charge is 2.48. The average Bonchev–Trinajstić information content (AvgIpc) is 2.51. The quantitative estimate of drug-likeness (QED) is 0.267. The van der Waals surface area contributed by atoms with Gasteiger partial charge in [-0.1, -0.05) is 0 Å². The maximum absolute atomic E-state index is 9.96. The van der Waals surface area contributed by atoms with Crippen LogP contribution in [0.3, 0.4) is 0 Å². The van der Waals surface area contributed by atoms with Crippen LogP contribution in [0.15, 0.2) is 0 Å². The van der Waals surface area contributed by atoms with E-state index in [-0.39, 0.29) is 13.0 Å². The minimum Gasteiger partial charge on any atom is -0.394 e. The first-order valence-corrected chi connectivity index (χ1v) is 7.06. The van der Waals surface area contributed by atoms with E-state index < -0.39 is 61.9 Å². The van der Waals surface area contributed by atoms with Crippen LogP contribution in [0.2, 0.25) is 0 Å². The average molecular weight is 325 g/mol. The normalized spacial score (nSPS) is 50.0. The van der Waals surface area contributed by atoms with Crippen LogP contribution in [0.4, 0.5) is 0 Å². The van der Waals surface area contributed by atoms with Crippen molar-refractivity contribution in [2.45, 2.75) is 61.7 Å². The lowest BCUT2D eigenvalue weighted by atomic mass is 9.98. The van der Waals surface area contributed by atoms with Gasteiger partial charge < -0.3 is 50.6 Å². The molecule has 0 spiro atoms. The summed E-state index contributed by atoms with van der Waals surface area (Å²) in [5.74, 6) is 0. The SMILES string of the molecule is NCC1C[C@H](O)C(O)[C@@H](O[C@@H]2C(CO)O[C@H](O)C(O)[C@H]2O)O1. The predicted molar refractivity (Wildman–Crippen MR) is 69.2 cm³/mol. The highest BCUT2D eigenvalue weighted by Crippen LogP contribution is 2.28. The number of aliphatic hydroxyl groups is 6. The Hall–Kier alpha value is -0.400. The molecule has 2 saturated heterocycles. The largest absolute Gasteiger partial charge is 0.394 e. The van der Waals surface area contributed by atoms with Gasteiger partial charge in [-0.2, -0.15) is 0 Å². The van der Waals surface area contributed by atoms with Crippen LogP contribution in [-0.2, 0) is 14.2 Å². The molecule has 0 radical (unpaired) electrons. The van der Waals surface area contributed by atoms with Gasteiger partial charge in [0.2, 0.25) is 0 Å². The first kappa shape index (κ1) is 17.9. The highest BCUT2D eigenvalue weighted by molar-refractivity contribution is 4.91. The van der Waals surface area contributed by atoms with E-state index in [1.807, 2.05) is 0 Å². The lowest BCUT2D eigenvalue weighted by Gasteiger charge is -2.44. The molecule has 0 aliphatic carbocycles. The van der Waals surface area contributed by atoms with Gasteiger partial charge in [-0.15, -0.1) is 0 Å². The third kappa shape index (κ3) is 3.57. The molecule has 4 unspecified atom stereocenters. The van der Waals surface area contributed by atoms with Gasteiger partial charge in [-0.05, 0) is 0 Å². The van der Waals surface area contributed by atoms with Crippen LogP contribution in [0.25, 0.3) is 0 Å². The van der Waals surface area contributed by atoms with Crippen LogP contribution in [0.1, 0.15) is 6.42 Å². The molecule has 2 rings (SSSR count). The van der Waals surface area contributed by atoms with E-state index in [1.165, 1.54) is 0 Å². The molecule has 0 amide bonds. The third-order valence-electron chi connectivity index (χ3n) is 3.90. The van der Waals surface area contributed by atoms with Gasteiger partial charge in [-0.3, -0.25) is 0 Å². The summed E-state index contributed by atoms with van der Waals surface area (Å²) in [6.07, 6.45) is -11.6. The summed E-state index contributed by atoms with van der Waals surface area (Å²) in [7, 11) is 0. The maximum Gasteiger partial charge on any atom is 0.186 e. The topological polar surface area (TPSA) is 175 Å². The zero-order chi connectivity index (χ0) is 16.4. The Morgan fingerprint density at radius 3 is 2.27 bits per heavy atom. The van der Waals surface area contributed by atoms with Crippen molar-refractivity contribution < 1.29 is 44.8 Å². The second kappa shape index (κ2) is 7.45. The van der Waals surface area contributed by atoms with Crippen molar-refractivity contribution in [1.29, 1.82) is 0 Å². The molecule has 10 heteroatoms. The molecule has 22 heavy (non-hydrogen) atoms. The summed E-state index contributed by atoms with van der Waals surface area (Å²) in [5.41, 5.74) is 5.47. The second-order valence-electron chi connectivity index (χ2n) is 5.49. The fourth-order valence-electron chi connectivity index (χ4n) is 2.57. The molecule has 2 heterocycles. The van der Waals surface area contributed by atoms with Crippen LogP contribution in [-0.4, -0.2) is 99.1 Å². The summed E-state index contributed by atoms with van der Waals surface area (Å²) < 4.78 is 15.7. The van der Waals surface area contributed by atoms with E-state index in [9.17, 15) is 30.6 Å². The Morgan fingerprint density at radius 2 is 1.68 bits per heavy atom. The Kier molecular flexibility index (Phi) is 6.07. The van der Waals surface area contributed by atoms with E-state index in [1.54, 1.807) is 0 Å². The van der Waals surface area contributed by atoms with Gasteiger partial charge in [0.25, 0.3) is 0 Å². The maximum atomic E-state index is 9.96. The molecule has 0 saturated carbocycles. The van der Waals surface area contributed by atoms with Crippen LogP contribution in [0, 0.1) is 0 Å². The first-order chi connectivity index (χ1) is 10.4. The van der Waals surface area contributed by atoms with Gasteiger partial charge in [0.05, 0.1) is 18.8 Å². The summed E-state index contributed by atoms with van der Waals surface area (Å²) >= 11 is 0. The third-order valence-corrected chi connectivity index (χ3v) is 3.90. The molecule has 2 aliphatic heterocycles. The van der Waals surface area contributed by atoms with Gasteiger partial charge in [0, 0.05) is 13.0 Å². The monoisotopic (exact) mass is 325 g/mol. The van der Waals surface area contributed by atoms with Crippen molar-refractivity contribution in [2.24, 2.45) is 5.73 Å². The molecule has 0 bridgehead atoms. The molecule has 2 fully saturated rings. The molecule has 130 valence electrons. The number of ether oxygens (including phenoxy) is 3. The molecular weight excluding hydrogens is 302 g/mol. The van der Waals surface area contributed by atoms with Crippen molar-refractivity contribution in [1.82, 2.24) is 0 Å². The van der Waals surface area contributed by atoms with Gasteiger partial charge in [-0.25, -0.2) is 0 Å². The van der Waals surface area contributed by atoms with Crippen molar-refractivity contribution in [3.05, 3.63) is 0 Å². The number of nitrogens with two attached hydrogens (primary N) is 1. The summed E-state index contributed by atoms with van der Waals surface area (Å²) in [5, 5.41) is 57.9. The van der Waals surface area contributed by atoms with Crippen molar-refractivity contribution in [2.75, 3.05) is 13.2 Å². The van der Waals surface area contributed by atoms with E-state index in [2.05, 4.69) is 0 Å². The van der Waals surface area contributed by atoms with Gasteiger partial charge in [0.15, 0.2) is 12.6 Å². The van der Waals surface area contributed by atoms with Gasteiger partial charge in [0.1, 0.15) is 30.5 Å². The lowest BCUT2D eigenvalue weighted by molar-refractivity contribution is -0.342. The second-order valence-corrected chi connectivity index (χ2v) is 5.49. The van der Waals surface area contributed by atoms with E-state index in [0.29, 0.717) is 0 Å². The molecule has 0 aromatic heterocycles. The number of aliphatic hydroxyl groups excluding tert-OH is 6. The minimum absolute atomic E-state index is 0.0954. The Bertz CT molecular complexity index is 357. The standard InChI is InChI=1S/C12H23NO9/c13-2-4-1-5(15)7(16)12(20-4)22-10-6(3-14)21-11(19)9(18)8(10)17/h4-12,14-19H,1-3,13H2/t4?,5-,6?,7?,8+,9?,10+,11-,12+/m0/s1. The van der Waals surface area contributed by atoms with Gasteiger partial charge >= 0.3 is 0 Å². The molecule has 0 aromatic carbocycles. The predicted octanol–water partition coefficient (Wildman–Crippen LogP) is -4.40. The first-order valence-electron chi connectivity index (χ1n) is 7.06. The smallest absolute Gasteiger partial charge is 0.186 e. The summed E-state index contributed by atoms with van der Waals surface area (Å²) in [6.45, 7) is -0.505. The number of rotatable bonds is 4. The van der Waals surface area contributed by atoms with Crippen LogP contribution < -0.4 is 5.73 Å². The molecule has 2 aliphatic rings. The molecule has 0 aromatic rings. The fraction of sp³-hybridized carbons (Fsp3) is 1.00. The van der Waals surface area contributed by atoms with Crippen molar-refractivity contribution in [3.8, 4) is 0 Å². The Labute approximate surface area is 126 Å². The highest BCUT2D eigenvalue weighted by atomic mass is 16.7. The summed E-state index contributed by atoms with van der Waals surface area (Å²) in [4.78, 5) is 0. The van der Waals surface area contributed by atoms with E-state index in [0.717, 1.165) is 0 Å². The molecular formula is C12H23NO9. The molecule has 8 N–H and O–H groups in total. The van der Waals surface area contributed by atoms with E-state index in [4.69, 9.17) is 19.9 Å². The number of hydrogen-bond acceptors (Lipinski definition) is 10. The van der Waals surface area contributed by atoms with Crippen LogP contribution >= 0.6 is 0 Å². The Balaban J connectivity index is 2.08. The van der Waals surface area contributed by atoms with Crippen molar-refractivity contribution >= 4 is 0 Å². The van der Waals surface area contributed by atoms with E-state index >= 15 is 0 Å². The molecule has 10 nitrogen and oxygen atoms in total. The zero-order valence-electron chi connectivity index (χ0n) is 11.8. The lowest BCUT2D eigenvalue weighted by Crippen LogP contribution is -2.62.